The number of halogens is 1. The Hall–Kier alpha value is -1.56. The molecule has 1 aliphatic rings. The van der Waals surface area contributed by atoms with Crippen molar-refractivity contribution in [3.63, 3.8) is 0 Å². The fourth-order valence-electron chi connectivity index (χ4n) is 2.50. The Morgan fingerprint density at radius 1 is 1.43 bits per heavy atom. The van der Waals surface area contributed by atoms with Crippen molar-refractivity contribution in [1.29, 1.82) is 0 Å². The molecule has 5 nitrogen and oxygen atoms in total. The van der Waals surface area contributed by atoms with Gasteiger partial charge in [-0.05, 0) is 65.7 Å². The Labute approximate surface area is 131 Å². The molecule has 1 aromatic rings. The van der Waals surface area contributed by atoms with Crippen molar-refractivity contribution in [3.8, 4) is 0 Å². The van der Waals surface area contributed by atoms with Crippen LogP contribution in [0.4, 0.5) is 0 Å². The molecular weight excluding hydrogens is 338 g/mol. The van der Waals surface area contributed by atoms with Gasteiger partial charge in [-0.2, -0.15) is 0 Å². The summed E-state index contributed by atoms with van der Waals surface area (Å²) in [5.74, 6) is -0.347. The lowest BCUT2D eigenvalue weighted by Crippen LogP contribution is -2.55. The highest BCUT2D eigenvalue weighted by atomic mass is 79.9. The van der Waals surface area contributed by atoms with E-state index in [1.807, 2.05) is 0 Å². The van der Waals surface area contributed by atoms with Crippen LogP contribution < -0.4 is 5.32 Å². The Morgan fingerprint density at radius 3 is 2.62 bits per heavy atom. The summed E-state index contributed by atoms with van der Waals surface area (Å²) >= 11 is 3.17. The van der Waals surface area contributed by atoms with E-state index in [9.17, 15) is 14.7 Å². The number of aliphatic carboxylic acids is 1. The number of furan rings is 1. The topological polar surface area (TPSA) is 79.5 Å². The van der Waals surface area contributed by atoms with Crippen molar-refractivity contribution in [2.45, 2.75) is 38.1 Å². The lowest BCUT2D eigenvalue weighted by atomic mass is 9.77. The number of carbonyl (C=O) groups excluding carboxylic acids is 1. The molecule has 2 rings (SSSR count). The van der Waals surface area contributed by atoms with Crippen LogP contribution in [-0.4, -0.2) is 22.5 Å². The summed E-state index contributed by atoms with van der Waals surface area (Å²) < 4.78 is 5.82. The van der Waals surface area contributed by atoms with Gasteiger partial charge in [-0.1, -0.05) is 6.92 Å². The summed E-state index contributed by atoms with van der Waals surface area (Å²) in [6.45, 7) is 2.10. The monoisotopic (exact) mass is 355 g/mol. The summed E-state index contributed by atoms with van der Waals surface area (Å²) in [5, 5.41) is 12.1. The van der Waals surface area contributed by atoms with Crippen molar-refractivity contribution in [3.05, 3.63) is 28.6 Å². The van der Waals surface area contributed by atoms with Crippen molar-refractivity contribution in [1.82, 2.24) is 5.32 Å². The quantitative estimate of drug-likeness (QED) is 0.812. The molecule has 6 heteroatoms. The van der Waals surface area contributed by atoms with E-state index in [0.29, 0.717) is 29.2 Å². The van der Waals surface area contributed by atoms with E-state index >= 15 is 0 Å². The average molecular weight is 356 g/mol. The number of hydrogen-bond acceptors (Lipinski definition) is 3. The normalized spacial score (nSPS) is 25.9. The molecule has 0 aliphatic heterocycles. The van der Waals surface area contributed by atoms with Crippen molar-refractivity contribution < 1.29 is 19.1 Å². The molecule has 1 amide bonds. The van der Waals surface area contributed by atoms with Gasteiger partial charge in [0.1, 0.15) is 11.3 Å². The highest BCUT2D eigenvalue weighted by Crippen LogP contribution is 2.32. The van der Waals surface area contributed by atoms with Crippen molar-refractivity contribution in [2.24, 2.45) is 5.92 Å². The van der Waals surface area contributed by atoms with Gasteiger partial charge < -0.3 is 14.8 Å². The van der Waals surface area contributed by atoms with Gasteiger partial charge in [0.2, 0.25) is 5.91 Å². The third kappa shape index (κ3) is 3.97. The SMILES string of the molecule is CC1CCC(NC(=O)/C=C/c2ccc(Br)o2)(C(=O)O)CC1. The fraction of sp³-hybridized carbons (Fsp3) is 0.467. The zero-order valence-corrected chi connectivity index (χ0v) is 13.4. The molecule has 2 N–H and O–H groups in total. The van der Waals surface area contributed by atoms with Gasteiger partial charge in [0.25, 0.3) is 0 Å². The molecule has 0 aromatic carbocycles. The second-order valence-corrected chi connectivity index (χ2v) is 6.32. The highest BCUT2D eigenvalue weighted by Gasteiger charge is 2.42. The van der Waals surface area contributed by atoms with Gasteiger partial charge >= 0.3 is 5.97 Å². The average Bonchev–Trinajstić information content (AvgIpc) is 2.85. The lowest BCUT2D eigenvalue weighted by Gasteiger charge is -2.36. The number of hydrogen-bond donors (Lipinski definition) is 2. The molecule has 1 fully saturated rings. The van der Waals surface area contributed by atoms with Crippen LogP contribution in [0.2, 0.25) is 0 Å². The number of carbonyl (C=O) groups is 2. The molecule has 0 saturated heterocycles. The number of carboxylic acid groups (broad SMARTS) is 1. The Bertz CT molecular complexity index is 556. The number of rotatable bonds is 4. The summed E-state index contributed by atoms with van der Waals surface area (Å²) in [6, 6.07) is 3.43. The minimum Gasteiger partial charge on any atom is -0.480 e. The molecule has 1 aromatic heterocycles. The summed E-state index contributed by atoms with van der Waals surface area (Å²) in [7, 11) is 0. The van der Waals surface area contributed by atoms with Gasteiger partial charge in [-0.15, -0.1) is 0 Å². The third-order valence-electron chi connectivity index (χ3n) is 3.89. The summed E-state index contributed by atoms with van der Waals surface area (Å²) in [4.78, 5) is 23.5. The second-order valence-electron chi connectivity index (χ2n) is 5.53. The minimum atomic E-state index is -1.14. The summed E-state index contributed by atoms with van der Waals surface area (Å²) in [6.07, 6.45) is 5.36. The van der Waals surface area contributed by atoms with Gasteiger partial charge in [-0.3, -0.25) is 4.79 Å². The van der Waals surface area contributed by atoms with E-state index < -0.39 is 17.4 Å². The van der Waals surface area contributed by atoms with Gasteiger partial charge in [0.05, 0.1) is 0 Å². The highest BCUT2D eigenvalue weighted by molar-refractivity contribution is 9.10. The maximum absolute atomic E-state index is 12.0. The summed E-state index contributed by atoms with van der Waals surface area (Å²) in [5.41, 5.74) is -1.14. The van der Waals surface area contributed by atoms with E-state index in [4.69, 9.17) is 4.42 Å². The first-order valence-corrected chi connectivity index (χ1v) is 7.69. The van der Waals surface area contributed by atoms with Gasteiger partial charge in [-0.25, -0.2) is 4.79 Å². The van der Waals surface area contributed by atoms with Crippen LogP contribution in [0.3, 0.4) is 0 Å². The lowest BCUT2D eigenvalue weighted by molar-refractivity contribution is -0.149. The maximum Gasteiger partial charge on any atom is 0.329 e. The van der Waals surface area contributed by atoms with Crippen LogP contribution in [-0.2, 0) is 9.59 Å². The van der Waals surface area contributed by atoms with Gasteiger partial charge in [0, 0.05) is 6.08 Å². The van der Waals surface area contributed by atoms with Crippen LogP contribution >= 0.6 is 15.9 Å². The number of amides is 1. The first-order valence-electron chi connectivity index (χ1n) is 6.90. The zero-order valence-electron chi connectivity index (χ0n) is 11.8. The molecule has 0 spiro atoms. The van der Waals surface area contributed by atoms with E-state index in [-0.39, 0.29) is 0 Å². The van der Waals surface area contributed by atoms with Crippen LogP contribution in [0.5, 0.6) is 0 Å². The zero-order chi connectivity index (χ0) is 15.5. The molecule has 21 heavy (non-hydrogen) atoms. The molecule has 0 atom stereocenters. The fourth-order valence-corrected chi connectivity index (χ4v) is 2.82. The molecule has 0 bridgehead atoms. The molecule has 1 saturated carbocycles. The Balaban J connectivity index is 2.02. The van der Waals surface area contributed by atoms with Gasteiger partial charge in [0.15, 0.2) is 4.67 Å². The van der Waals surface area contributed by atoms with Crippen molar-refractivity contribution in [2.75, 3.05) is 0 Å². The standard InChI is InChI=1S/C15H18BrNO4/c1-10-6-8-15(9-7-10,14(19)20)17-13(18)5-3-11-2-4-12(16)21-11/h2-5,10H,6-9H2,1H3,(H,17,18)(H,19,20)/b5-3+. The van der Waals surface area contributed by atoms with Crippen LogP contribution in [0.25, 0.3) is 6.08 Å². The molecular formula is C15H18BrNO4. The minimum absolute atomic E-state index is 0.417. The second kappa shape index (κ2) is 6.47. The molecule has 0 unspecified atom stereocenters. The Kier molecular flexibility index (Phi) is 4.88. The molecule has 0 radical (unpaired) electrons. The predicted octanol–water partition coefficient (Wildman–Crippen LogP) is 3.21. The van der Waals surface area contributed by atoms with Crippen molar-refractivity contribution >= 4 is 33.9 Å². The molecule has 114 valence electrons. The smallest absolute Gasteiger partial charge is 0.329 e. The predicted molar refractivity (Wildman–Crippen MR) is 81.6 cm³/mol. The van der Waals surface area contributed by atoms with Crippen LogP contribution in [0.1, 0.15) is 38.4 Å². The van der Waals surface area contributed by atoms with E-state index in [1.54, 1.807) is 12.1 Å². The number of carboxylic acids is 1. The third-order valence-corrected chi connectivity index (χ3v) is 4.32. The van der Waals surface area contributed by atoms with Crippen LogP contribution in [0, 0.1) is 5.92 Å². The Morgan fingerprint density at radius 2 is 2.10 bits per heavy atom. The first-order chi connectivity index (χ1) is 9.91. The number of nitrogens with one attached hydrogen (secondary N) is 1. The van der Waals surface area contributed by atoms with Crippen LogP contribution in [0.15, 0.2) is 27.3 Å². The van der Waals surface area contributed by atoms with E-state index in [1.165, 1.54) is 12.2 Å². The van der Waals surface area contributed by atoms with E-state index in [0.717, 1.165) is 12.8 Å². The first kappa shape index (κ1) is 15.8. The van der Waals surface area contributed by atoms with E-state index in [2.05, 4.69) is 28.2 Å². The maximum atomic E-state index is 12.0. The molecule has 1 aliphatic carbocycles. The molecule has 1 heterocycles. The largest absolute Gasteiger partial charge is 0.480 e.